The van der Waals surface area contributed by atoms with Gasteiger partial charge in [-0.15, -0.1) is 0 Å². The highest BCUT2D eigenvalue weighted by Gasteiger charge is 2.45. The van der Waals surface area contributed by atoms with Crippen LogP contribution in [0.4, 0.5) is 0 Å². The zero-order valence-electron chi connectivity index (χ0n) is 17.6. The number of aromatic nitrogens is 5. The van der Waals surface area contributed by atoms with Gasteiger partial charge in [-0.2, -0.15) is 5.10 Å². The SMILES string of the molecule is c1ccc2ncc(-c3cc4n(n3)CCC43CCN(Cc4ncc(C5CC5)[nH]4)C3)cc2c1. The van der Waals surface area contributed by atoms with Crippen LogP contribution in [0.2, 0.25) is 0 Å². The molecule has 6 heteroatoms. The molecule has 1 saturated carbocycles. The summed E-state index contributed by atoms with van der Waals surface area (Å²) in [5.74, 6) is 1.85. The van der Waals surface area contributed by atoms with Gasteiger partial charge in [0.1, 0.15) is 5.82 Å². The first-order valence-corrected chi connectivity index (χ1v) is 11.5. The summed E-state index contributed by atoms with van der Waals surface area (Å²) in [7, 11) is 0. The average molecular weight is 411 g/mol. The number of pyridine rings is 1. The average Bonchev–Trinajstić information content (AvgIpc) is 3.14. The Morgan fingerprint density at radius 1 is 1.03 bits per heavy atom. The third kappa shape index (κ3) is 2.92. The van der Waals surface area contributed by atoms with Crippen molar-refractivity contribution in [3.05, 3.63) is 66.0 Å². The lowest BCUT2D eigenvalue weighted by molar-refractivity contribution is 0.295. The van der Waals surface area contributed by atoms with E-state index in [1.807, 2.05) is 18.5 Å². The molecule has 1 unspecified atom stereocenters. The maximum atomic E-state index is 4.97. The smallest absolute Gasteiger partial charge is 0.120 e. The molecule has 1 spiro atoms. The normalized spacial score (nSPS) is 23.2. The molecule has 3 aliphatic rings. The van der Waals surface area contributed by atoms with Crippen LogP contribution >= 0.6 is 0 Å². The predicted molar refractivity (Wildman–Crippen MR) is 120 cm³/mol. The molecule has 7 rings (SSSR count). The van der Waals surface area contributed by atoms with E-state index in [0.717, 1.165) is 54.7 Å². The van der Waals surface area contributed by atoms with Gasteiger partial charge in [0.15, 0.2) is 0 Å². The van der Waals surface area contributed by atoms with Gasteiger partial charge in [0, 0.05) is 59.2 Å². The lowest BCUT2D eigenvalue weighted by Gasteiger charge is -2.23. The number of fused-ring (bicyclic) bond motifs is 3. The van der Waals surface area contributed by atoms with Crippen molar-refractivity contribution < 1.29 is 0 Å². The second-order valence-corrected chi connectivity index (χ2v) is 9.61. The summed E-state index contributed by atoms with van der Waals surface area (Å²) >= 11 is 0. The minimum Gasteiger partial charge on any atom is -0.345 e. The Morgan fingerprint density at radius 2 is 1.94 bits per heavy atom. The van der Waals surface area contributed by atoms with Gasteiger partial charge >= 0.3 is 0 Å². The first-order valence-electron chi connectivity index (χ1n) is 11.5. The van der Waals surface area contributed by atoms with Gasteiger partial charge in [-0.05, 0) is 50.4 Å². The number of hydrogen-bond donors (Lipinski definition) is 1. The van der Waals surface area contributed by atoms with Crippen LogP contribution in [0.1, 0.15) is 48.8 Å². The molecule has 0 bridgehead atoms. The largest absolute Gasteiger partial charge is 0.345 e. The van der Waals surface area contributed by atoms with E-state index in [9.17, 15) is 0 Å². The molecule has 2 fully saturated rings. The topological polar surface area (TPSA) is 62.6 Å². The van der Waals surface area contributed by atoms with Crippen molar-refractivity contribution in [3.8, 4) is 11.3 Å². The molecule has 5 heterocycles. The molecule has 31 heavy (non-hydrogen) atoms. The van der Waals surface area contributed by atoms with Crippen LogP contribution in [-0.2, 0) is 18.5 Å². The molecule has 0 radical (unpaired) electrons. The number of benzene rings is 1. The number of nitrogens with zero attached hydrogens (tertiary/aromatic N) is 5. The van der Waals surface area contributed by atoms with Gasteiger partial charge in [-0.1, -0.05) is 18.2 Å². The molecule has 0 amide bonds. The van der Waals surface area contributed by atoms with Crippen molar-refractivity contribution >= 4 is 10.9 Å². The lowest BCUT2D eigenvalue weighted by Crippen LogP contribution is -2.29. The molecule has 2 aliphatic heterocycles. The second-order valence-electron chi connectivity index (χ2n) is 9.61. The van der Waals surface area contributed by atoms with Crippen molar-refractivity contribution in [1.29, 1.82) is 0 Å². The number of H-pyrrole nitrogens is 1. The van der Waals surface area contributed by atoms with E-state index in [1.165, 1.54) is 42.5 Å². The zero-order chi connectivity index (χ0) is 20.4. The molecule has 4 aromatic rings. The van der Waals surface area contributed by atoms with Crippen LogP contribution in [0.3, 0.4) is 0 Å². The van der Waals surface area contributed by atoms with Crippen LogP contribution in [0, 0.1) is 0 Å². The van der Waals surface area contributed by atoms with E-state index in [0.29, 0.717) is 0 Å². The molecular weight excluding hydrogens is 384 g/mol. The van der Waals surface area contributed by atoms with E-state index in [4.69, 9.17) is 5.10 Å². The molecule has 1 aliphatic carbocycles. The number of aromatic amines is 1. The summed E-state index contributed by atoms with van der Waals surface area (Å²) < 4.78 is 2.24. The number of nitrogens with one attached hydrogen (secondary N) is 1. The zero-order valence-corrected chi connectivity index (χ0v) is 17.6. The van der Waals surface area contributed by atoms with Crippen LogP contribution in [-0.4, -0.2) is 42.7 Å². The van der Waals surface area contributed by atoms with E-state index in [2.05, 4.69) is 54.9 Å². The quantitative estimate of drug-likeness (QED) is 0.546. The molecule has 3 aromatic heterocycles. The first kappa shape index (κ1) is 17.7. The van der Waals surface area contributed by atoms with E-state index >= 15 is 0 Å². The molecule has 1 N–H and O–H groups in total. The number of imidazole rings is 1. The van der Waals surface area contributed by atoms with Gasteiger partial charge < -0.3 is 4.98 Å². The van der Waals surface area contributed by atoms with E-state index in [1.54, 1.807) is 0 Å². The van der Waals surface area contributed by atoms with Gasteiger partial charge in [0.25, 0.3) is 0 Å². The van der Waals surface area contributed by atoms with E-state index in [-0.39, 0.29) is 5.41 Å². The predicted octanol–water partition coefficient (Wildman–Crippen LogP) is 4.25. The highest BCUT2D eigenvalue weighted by atomic mass is 15.3. The molecule has 6 nitrogen and oxygen atoms in total. The third-order valence-electron chi connectivity index (χ3n) is 7.48. The number of hydrogen-bond acceptors (Lipinski definition) is 4. The summed E-state index contributed by atoms with van der Waals surface area (Å²) in [6.07, 6.45) is 9.02. The van der Waals surface area contributed by atoms with Crippen molar-refractivity contribution in [2.45, 2.75) is 50.1 Å². The van der Waals surface area contributed by atoms with Crippen molar-refractivity contribution in [2.75, 3.05) is 13.1 Å². The van der Waals surface area contributed by atoms with Crippen molar-refractivity contribution in [3.63, 3.8) is 0 Å². The number of rotatable bonds is 4. The van der Waals surface area contributed by atoms with Crippen LogP contribution in [0.5, 0.6) is 0 Å². The second kappa shape index (κ2) is 6.50. The van der Waals surface area contributed by atoms with Crippen LogP contribution in [0.15, 0.2) is 48.8 Å². The fraction of sp³-hybridized carbons (Fsp3) is 0.400. The van der Waals surface area contributed by atoms with Crippen molar-refractivity contribution in [1.82, 2.24) is 29.6 Å². The Bertz CT molecular complexity index is 1280. The molecule has 1 aromatic carbocycles. The monoisotopic (exact) mass is 410 g/mol. The minimum absolute atomic E-state index is 0.224. The van der Waals surface area contributed by atoms with Gasteiger partial charge in [-0.3, -0.25) is 14.6 Å². The third-order valence-corrected chi connectivity index (χ3v) is 7.48. The molecule has 156 valence electrons. The fourth-order valence-electron chi connectivity index (χ4n) is 5.59. The molecule has 1 atom stereocenters. The Kier molecular flexibility index (Phi) is 3.71. The summed E-state index contributed by atoms with van der Waals surface area (Å²) in [5, 5.41) is 6.13. The summed E-state index contributed by atoms with van der Waals surface area (Å²) in [6, 6.07) is 12.8. The first-order chi connectivity index (χ1) is 15.3. The number of para-hydroxylation sites is 1. The number of likely N-dealkylation sites (tertiary alicyclic amines) is 1. The summed E-state index contributed by atoms with van der Waals surface area (Å²) in [6.45, 7) is 4.14. The molecule has 1 saturated heterocycles. The Balaban J connectivity index is 1.14. The Hall–Kier alpha value is -2.99. The van der Waals surface area contributed by atoms with E-state index < -0.39 is 0 Å². The Morgan fingerprint density at radius 3 is 2.87 bits per heavy atom. The minimum atomic E-state index is 0.224. The Labute approximate surface area is 181 Å². The van der Waals surface area contributed by atoms with Crippen molar-refractivity contribution in [2.24, 2.45) is 0 Å². The lowest BCUT2D eigenvalue weighted by atomic mass is 9.82. The van der Waals surface area contributed by atoms with Gasteiger partial charge in [0.05, 0.1) is 17.8 Å². The van der Waals surface area contributed by atoms with Gasteiger partial charge in [-0.25, -0.2) is 4.98 Å². The number of aryl methyl sites for hydroxylation is 1. The maximum Gasteiger partial charge on any atom is 0.120 e. The fourth-order valence-corrected chi connectivity index (χ4v) is 5.59. The highest BCUT2D eigenvalue weighted by molar-refractivity contribution is 5.82. The highest BCUT2D eigenvalue weighted by Crippen LogP contribution is 2.44. The molecular formula is C25H26N6. The van der Waals surface area contributed by atoms with Crippen LogP contribution in [0.25, 0.3) is 22.2 Å². The maximum absolute atomic E-state index is 4.97. The van der Waals surface area contributed by atoms with Crippen LogP contribution < -0.4 is 0 Å². The standard InChI is InChI=1S/C25H26N6/c1-2-4-20-18(3-1)11-19(13-26-20)21-12-23-25(8-10-31(23)29-21)7-9-30(16-25)15-24-27-14-22(28-24)17-5-6-17/h1-4,11-14,17H,5-10,15-16H2,(H,27,28). The summed E-state index contributed by atoms with van der Waals surface area (Å²) in [4.78, 5) is 15.4. The van der Waals surface area contributed by atoms with Gasteiger partial charge in [0.2, 0.25) is 0 Å². The summed E-state index contributed by atoms with van der Waals surface area (Å²) in [5.41, 5.74) is 6.14.